The summed E-state index contributed by atoms with van der Waals surface area (Å²) in [4.78, 5) is 12.2. The SMILES string of the molecule is CC(=N)c1cc(C(=O)NC(c2ccccc2)C(F)(F)F)ccc1N. The van der Waals surface area contributed by atoms with Crippen molar-refractivity contribution in [2.75, 3.05) is 5.73 Å². The fourth-order valence-corrected chi connectivity index (χ4v) is 2.24. The number of amides is 1. The van der Waals surface area contributed by atoms with Gasteiger partial charge in [0.05, 0.1) is 0 Å². The lowest BCUT2D eigenvalue weighted by Crippen LogP contribution is -2.38. The second kappa shape index (κ2) is 6.74. The van der Waals surface area contributed by atoms with E-state index < -0.39 is 18.1 Å². The lowest BCUT2D eigenvalue weighted by Gasteiger charge is -2.22. The van der Waals surface area contributed by atoms with Crippen LogP contribution in [0.1, 0.15) is 34.5 Å². The predicted molar refractivity (Wildman–Crippen MR) is 86.1 cm³/mol. The van der Waals surface area contributed by atoms with Gasteiger partial charge in [0.1, 0.15) is 0 Å². The number of hydrogen-bond donors (Lipinski definition) is 3. The van der Waals surface area contributed by atoms with Crippen molar-refractivity contribution in [2.45, 2.75) is 19.1 Å². The molecule has 4 N–H and O–H groups in total. The highest BCUT2D eigenvalue weighted by atomic mass is 19.4. The van der Waals surface area contributed by atoms with Crippen molar-refractivity contribution in [3.63, 3.8) is 0 Å². The average Bonchev–Trinajstić information content (AvgIpc) is 2.52. The summed E-state index contributed by atoms with van der Waals surface area (Å²) in [6.07, 6.45) is -4.63. The maximum atomic E-state index is 13.3. The molecule has 1 unspecified atom stereocenters. The van der Waals surface area contributed by atoms with E-state index in [-0.39, 0.29) is 22.5 Å². The minimum atomic E-state index is -4.63. The van der Waals surface area contributed by atoms with Crippen molar-refractivity contribution in [1.82, 2.24) is 5.32 Å². The molecule has 7 heteroatoms. The molecule has 0 aliphatic rings. The van der Waals surface area contributed by atoms with Crippen LogP contribution in [0.3, 0.4) is 0 Å². The van der Waals surface area contributed by atoms with E-state index in [2.05, 4.69) is 0 Å². The molecule has 0 aliphatic heterocycles. The molecule has 1 amide bonds. The number of alkyl halides is 3. The molecular weight excluding hydrogens is 319 g/mol. The van der Waals surface area contributed by atoms with Crippen LogP contribution in [0.25, 0.3) is 0 Å². The number of anilines is 1. The smallest absolute Gasteiger partial charge is 0.398 e. The number of nitrogens with one attached hydrogen (secondary N) is 2. The van der Waals surface area contributed by atoms with E-state index in [1.165, 1.54) is 49.4 Å². The molecule has 126 valence electrons. The molecular formula is C17H16F3N3O. The minimum Gasteiger partial charge on any atom is -0.398 e. The largest absolute Gasteiger partial charge is 0.412 e. The zero-order valence-corrected chi connectivity index (χ0v) is 12.8. The molecule has 0 bridgehead atoms. The predicted octanol–water partition coefficient (Wildman–Crippen LogP) is 3.69. The molecule has 4 nitrogen and oxygen atoms in total. The number of nitrogen functional groups attached to an aromatic ring is 1. The van der Waals surface area contributed by atoms with Crippen LogP contribution in [0.2, 0.25) is 0 Å². The molecule has 1 atom stereocenters. The molecule has 0 fully saturated rings. The molecule has 0 spiro atoms. The number of halogens is 3. The van der Waals surface area contributed by atoms with Gasteiger partial charge in [-0.05, 0) is 30.7 Å². The molecule has 24 heavy (non-hydrogen) atoms. The van der Waals surface area contributed by atoms with Gasteiger partial charge >= 0.3 is 6.18 Å². The third kappa shape index (κ3) is 3.92. The van der Waals surface area contributed by atoms with Crippen molar-refractivity contribution < 1.29 is 18.0 Å². The van der Waals surface area contributed by atoms with Crippen molar-refractivity contribution >= 4 is 17.3 Å². The third-order valence-corrected chi connectivity index (χ3v) is 3.46. The lowest BCUT2D eigenvalue weighted by atomic mass is 10.0. The quantitative estimate of drug-likeness (QED) is 0.588. The van der Waals surface area contributed by atoms with Gasteiger partial charge in [-0.25, -0.2) is 0 Å². The normalized spacial score (nSPS) is 12.5. The summed E-state index contributed by atoms with van der Waals surface area (Å²) >= 11 is 0. The summed E-state index contributed by atoms with van der Waals surface area (Å²) in [6.45, 7) is 1.48. The maximum absolute atomic E-state index is 13.3. The third-order valence-electron chi connectivity index (χ3n) is 3.46. The number of carbonyl (C=O) groups excluding carboxylic acids is 1. The van der Waals surface area contributed by atoms with Crippen LogP contribution in [-0.2, 0) is 0 Å². The van der Waals surface area contributed by atoms with Crippen LogP contribution in [0.5, 0.6) is 0 Å². The first-order chi connectivity index (χ1) is 11.2. The first-order valence-corrected chi connectivity index (χ1v) is 7.07. The van der Waals surface area contributed by atoms with Gasteiger partial charge in [-0.1, -0.05) is 30.3 Å². The Labute approximate surface area is 137 Å². The summed E-state index contributed by atoms with van der Waals surface area (Å²) < 4.78 is 39.9. The highest BCUT2D eigenvalue weighted by Crippen LogP contribution is 2.32. The molecule has 0 radical (unpaired) electrons. The Morgan fingerprint density at radius 2 is 1.79 bits per heavy atom. The van der Waals surface area contributed by atoms with Crippen LogP contribution in [0, 0.1) is 5.41 Å². The molecule has 0 saturated carbocycles. The topological polar surface area (TPSA) is 79.0 Å². The fraction of sp³-hybridized carbons (Fsp3) is 0.176. The van der Waals surface area contributed by atoms with Crippen LogP contribution in [0.15, 0.2) is 48.5 Å². The highest BCUT2D eigenvalue weighted by molar-refractivity contribution is 6.04. The number of carbonyl (C=O) groups is 1. The number of benzene rings is 2. The van der Waals surface area contributed by atoms with E-state index in [0.717, 1.165) is 0 Å². The second-order valence-corrected chi connectivity index (χ2v) is 5.29. The minimum absolute atomic E-state index is 0.0102. The van der Waals surface area contributed by atoms with Gasteiger partial charge in [0.25, 0.3) is 5.91 Å². The summed E-state index contributed by atoms with van der Waals surface area (Å²) in [5.74, 6) is -0.885. The first-order valence-electron chi connectivity index (χ1n) is 7.07. The van der Waals surface area contributed by atoms with Gasteiger partial charge in [-0.3, -0.25) is 4.79 Å². The Morgan fingerprint density at radius 1 is 1.17 bits per heavy atom. The van der Waals surface area contributed by atoms with E-state index in [1.807, 2.05) is 5.32 Å². The summed E-state index contributed by atoms with van der Waals surface area (Å²) in [5, 5.41) is 9.60. The highest BCUT2D eigenvalue weighted by Gasteiger charge is 2.41. The Balaban J connectivity index is 2.32. The zero-order valence-electron chi connectivity index (χ0n) is 12.8. The van der Waals surface area contributed by atoms with Gasteiger partial charge in [0, 0.05) is 22.5 Å². The number of rotatable bonds is 4. The average molecular weight is 335 g/mol. The first kappa shape index (κ1) is 17.5. The van der Waals surface area contributed by atoms with Crippen LogP contribution in [0.4, 0.5) is 18.9 Å². The van der Waals surface area contributed by atoms with Crippen LogP contribution in [-0.4, -0.2) is 17.8 Å². The van der Waals surface area contributed by atoms with Crippen molar-refractivity contribution in [3.05, 3.63) is 65.2 Å². The standard InChI is InChI=1S/C17H16F3N3O/c1-10(21)13-9-12(7-8-14(13)22)16(24)23-15(17(18,19)20)11-5-3-2-4-6-11/h2-9,15,21H,22H2,1H3,(H,23,24). The van der Waals surface area contributed by atoms with Gasteiger partial charge in [0.15, 0.2) is 6.04 Å². The van der Waals surface area contributed by atoms with Gasteiger partial charge in [0.2, 0.25) is 0 Å². The Morgan fingerprint density at radius 3 is 2.33 bits per heavy atom. The fourth-order valence-electron chi connectivity index (χ4n) is 2.24. The van der Waals surface area contributed by atoms with E-state index in [1.54, 1.807) is 6.07 Å². The number of nitrogens with two attached hydrogens (primary N) is 1. The van der Waals surface area contributed by atoms with Crippen LogP contribution < -0.4 is 11.1 Å². The molecule has 2 rings (SSSR count). The van der Waals surface area contributed by atoms with E-state index in [9.17, 15) is 18.0 Å². The second-order valence-electron chi connectivity index (χ2n) is 5.29. The van der Waals surface area contributed by atoms with E-state index >= 15 is 0 Å². The van der Waals surface area contributed by atoms with E-state index in [4.69, 9.17) is 11.1 Å². The van der Waals surface area contributed by atoms with Gasteiger partial charge in [-0.2, -0.15) is 13.2 Å². The molecule has 0 aromatic heterocycles. The molecule has 2 aromatic rings. The molecule has 0 saturated heterocycles. The Bertz CT molecular complexity index is 757. The monoisotopic (exact) mass is 335 g/mol. The maximum Gasteiger partial charge on any atom is 0.412 e. The Hall–Kier alpha value is -2.83. The van der Waals surface area contributed by atoms with Crippen molar-refractivity contribution in [2.24, 2.45) is 0 Å². The number of hydrogen-bond acceptors (Lipinski definition) is 3. The molecule has 2 aromatic carbocycles. The zero-order chi connectivity index (χ0) is 17.9. The molecule has 0 aliphatic carbocycles. The van der Waals surface area contributed by atoms with E-state index in [0.29, 0.717) is 5.56 Å². The summed E-state index contributed by atoms with van der Waals surface area (Å²) in [6, 6.07) is 9.06. The summed E-state index contributed by atoms with van der Waals surface area (Å²) in [5.41, 5.74) is 6.37. The van der Waals surface area contributed by atoms with Gasteiger partial charge < -0.3 is 16.5 Å². The lowest BCUT2D eigenvalue weighted by molar-refractivity contribution is -0.155. The van der Waals surface area contributed by atoms with Crippen molar-refractivity contribution in [3.8, 4) is 0 Å². The van der Waals surface area contributed by atoms with Gasteiger partial charge in [-0.15, -0.1) is 0 Å². The molecule has 0 heterocycles. The van der Waals surface area contributed by atoms with Crippen LogP contribution >= 0.6 is 0 Å². The summed E-state index contributed by atoms with van der Waals surface area (Å²) in [7, 11) is 0. The van der Waals surface area contributed by atoms with Crippen molar-refractivity contribution in [1.29, 1.82) is 5.41 Å². The Kier molecular flexibility index (Phi) is 4.92.